The summed E-state index contributed by atoms with van der Waals surface area (Å²) in [6, 6.07) is 12.5. The average molecular weight is 258 g/mol. The van der Waals surface area contributed by atoms with Crippen LogP contribution in [0.1, 0.15) is 22.8 Å². The van der Waals surface area contributed by atoms with E-state index in [1.54, 1.807) is 6.26 Å². The van der Waals surface area contributed by atoms with E-state index >= 15 is 0 Å². The van der Waals surface area contributed by atoms with Crippen LogP contribution in [0.25, 0.3) is 0 Å². The summed E-state index contributed by atoms with van der Waals surface area (Å²) in [5, 5.41) is 0. The van der Waals surface area contributed by atoms with Gasteiger partial charge in [-0.2, -0.15) is 0 Å². The number of benzene rings is 1. The summed E-state index contributed by atoms with van der Waals surface area (Å²) < 4.78 is 5.33. The van der Waals surface area contributed by atoms with Gasteiger partial charge in [-0.15, -0.1) is 0 Å². The number of furan rings is 1. The largest absolute Gasteiger partial charge is 0.469 e. The molecule has 0 saturated heterocycles. The molecule has 1 heterocycles. The highest BCUT2D eigenvalue weighted by Gasteiger charge is 2.13. The molecule has 1 atom stereocenters. The van der Waals surface area contributed by atoms with Crippen molar-refractivity contribution in [1.82, 2.24) is 4.90 Å². The Labute approximate surface area is 115 Å². The van der Waals surface area contributed by atoms with Gasteiger partial charge in [0.15, 0.2) is 0 Å². The molecule has 0 aliphatic heterocycles. The van der Waals surface area contributed by atoms with Crippen LogP contribution in [0, 0.1) is 6.92 Å². The van der Waals surface area contributed by atoms with Crippen LogP contribution in [0.2, 0.25) is 0 Å². The molecule has 2 aromatic rings. The smallest absolute Gasteiger partial charge is 0.105 e. The zero-order valence-electron chi connectivity index (χ0n) is 11.7. The third-order valence-corrected chi connectivity index (χ3v) is 3.49. The van der Waals surface area contributed by atoms with Gasteiger partial charge in [0.05, 0.1) is 6.26 Å². The second kappa shape index (κ2) is 6.55. The molecular formula is C16H22N2O. The molecule has 0 amide bonds. The Balaban J connectivity index is 1.97. The van der Waals surface area contributed by atoms with Crippen molar-refractivity contribution in [3.63, 3.8) is 0 Å². The van der Waals surface area contributed by atoms with E-state index in [2.05, 4.69) is 36.2 Å². The first kappa shape index (κ1) is 13.8. The first-order chi connectivity index (χ1) is 9.20. The summed E-state index contributed by atoms with van der Waals surface area (Å²) in [5.74, 6) is 1.37. The minimum absolute atomic E-state index is 0.374. The fourth-order valence-corrected chi connectivity index (χ4v) is 2.35. The highest BCUT2D eigenvalue weighted by Crippen LogP contribution is 2.17. The van der Waals surface area contributed by atoms with E-state index in [9.17, 15) is 0 Å². The van der Waals surface area contributed by atoms with Crippen LogP contribution < -0.4 is 5.73 Å². The summed E-state index contributed by atoms with van der Waals surface area (Å²) in [7, 11) is 2.12. The molecule has 102 valence electrons. The summed E-state index contributed by atoms with van der Waals surface area (Å²) in [6.45, 7) is 4.51. The highest BCUT2D eigenvalue weighted by molar-refractivity contribution is 5.20. The molecule has 3 nitrogen and oxygen atoms in total. The predicted octanol–water partition coefficient (Wildman–Crippen LogP) is 2.76. The Hall–Kier alpha value is -1.58. The Morgan fingerprint density at radius 3 is 2.53 bits per heavy atom. The second-order valence-corrected chi connectivity index (χ2v) is 5.04. The zero-order chi connectivity index (χ0) is 13.7. The number of nitrogens with two attached hydrogens (primary N) is 1. The standard InChI is InChI=1S/C16H22N2O/c1-13-15(8-9-19-13)11-18(2)12-16(10-17)14-6-4-3-5-7-14/h3-9,16H,10-12,17H2,1-2H3. The van der Waals surface area contributed by atoms with Gasteiger partial charge in [-0.3, -0.25) is 0 Å². The number of rotatable bonds is 6. The first-order valence-corrected chi connectivity index (χ1v) is 6.67. The normalized spacial score (nSPS) is 12.8. The van der Waals surface area contributed by atoms with Crippen LogP contribution in [0.4, 0.5) is 0 Å². The van der Waals surface area contributed by atoms with Crippen molar-refractivity contribution in [1.29, 1.82) is 0 Å². The van der Waals surface area contributed by atoms with Gasteiger partial charge < -0.3 is 15.1 Å². The topological polar surface area (TPSA) is 42.4 Å². The molecule has 1 unspecified atom stereocenters. The fraction of sp³-hybridized carbons (Fsp3) is 0.375. The van der Waals surface area contributed by atoms with Crippen LogP contribution in [-0.4, -0.2) is 25.0 Å². The lowest BCUT2D eigenvalue weighted by atomic mass is 9.98. The first-order valence-electron chi connectivity index (χ1n) is 6.67. The molecule has 0 radical (unpaired) electrons. The third-order valence-electron chi connectivity index (χ3n) is 3.49. The molecule has 0 saturated carbocycles. The van der Waals surface area contributed by atoms with E-state index in [1.165, 1.54) is 11.1 Å². The maximum Gasteiger partial charge on any atom is 0.105 e. The molecule has 0 aliphatic rings. The molecule has 1 aromatic carbocycles. The summed E-state index contributed by atoms with van der Waals surface area (Å²) in [6.07, 6.45) is 1.75. The molecule has 1 aromatic heterocycles. The van der Waals surface area contributed by atoms with Gasteiger partial charge in [-0.05, 0) is 25.6 Å². The summed E-state index contributed by atoms with van der Waals surface area (Å²) in [4.78, 5) is 2.29. The fourth-order valence-electron chi connectivity index (χ4n) is 2.35. The van der Waals surface area contributed by atoms with Crippen molar-refractivity contribution in [3.05, 3.63) is 59.5 Å². The predicted molar refractivity (Wildman–Crippen MR) is 78.0 cm³/mol. The summed E-state index contributed by atoms with van der Waals surface area (Å²) in [5.41, 5.74) is 8.46. The lowest BCUT2D eigenvalue weighted by Crippen LogP contribution is -2.28. The van der Waals surface area contributed by atoms with E-state index in [0.717, 1.165) is 18.8 Å². The monoisotopic (exact) mass is 258 g/mol. The van der Waals surface area contributed by atoms with Gasteiger partial charge in [0.1, 0.15) is 5.76 Å². The van der Waals surface area contributed by atoms with Gasteiger partial charge in [-0.1, -0.05) is 30.3 Å². The van der Waals surface area contributed by atoms with Gasteiger partial charge in [-0.25, -0.2) is 0 Å². The average Bonchev–Trinajstić information content (AvgIpc) is 2.82. The SMILES string of the molecule is Cc1occc1CN(C)CC(CN)c1ccccc1. The van der Waals surface area contributed by atoms with Crippen LogP contribution in [-0.2, 0) is 6.54 Å². The Bertz CT molecular complexity index is 492. The maximum absolute atomic E-state index is 5.91. The highest BCUT2D eigenvalue weighted by atomic mass is 16.3. The van der Waals surface area contributed by atoms with Crippen molar-refractivity contribution >= 4 is 0 Å². The van der Waals surface area contributed by atoms with Crippen molar-refractivity contribution in [2.24, 2.45) is 5.73 Å². The number of aryl methyl sites for hydroxylation is 1. The molecular weight excluding hydrogens is 236 g/mol. The van der Waals surface area contributed by atoms with Crippen molar-refractivity contribution < 1.29 is 4.42 Å². The van der Waals surface area contributed by atoms with Gasteiger partial charge in [0, 0.05) is 31.1 Å². The van der Waals surface area contributed by atoms with E-state index < -0.39 is 0 Å². The third kappa shape index (κ3) is 3.69. The van der Waals surface area contributed by atoms with Gasteiger partial charge in [0.2, 0.25) is 0 Å². The number of hydrogen-bond donors (Lipinski definition) is 1. The van der Waals surface area contributed by atoms with Crippen LogP contribution in [0.5, 0.6) is 0 Å². The van der Waals surface area contributed by atoms with Crippen LogP contribution >= 0.6 is 0 Å². The molecule has 0 spiro atoms. The Kier molecular flexibility index (Phi) is 4.77. The quantitative estimate of drug-likeness (QED) is 0.866. The van der Waals surface area contributed by atoms with Crippen LogP contribution in [0.3, 0.4) is 0 Å². The lowest BCUT2D eigenvalue weighted by molar-refractivity contribution is 0.302. The molecule has 19 heavy (non-hydrogen) atoms. The number of likely N-dealkylation sites (N-methyl/N-ethyl adjacent to an activating group) is 1. The molecule has 0 fully saturated rings. The molecule has 0 aliphatic carbocycles. The molecule has 3 heteroatoms. The van der Waals surface area contributed by atoms with Crippen molar-refractivity contribution in [3.8, 4) is 0 Å². The Morgan fingerprint density at radius 1 is 1.21 bits per heavy atom. The van der Waals surface area contributed by atoms with Crippen molar-refractivity contribution in [2.75, 3.05) is 20.1 Å². The number of nitrogens with zero attached hydrogens (tertiary/aromatic N) is 1. The zero-order valence-corrected chi connectivity index (χ0v) is 11.7. The van der Waals surface area contributed by atoms with E-state index in [1.807, 2.05) is 19.1 Å². The van der Waals surface area contributed by atoms with Crippen LogP contribution in [0.15, 0.2) is 47.1 Å². The Morgan fingerprint density at radius 2 is 1.95 bits per heavy atom. The minimum Gasteiger partial charge on any atom is -0.469 e. The molecule has 0 bridgehead atoms. The van der Waals surface area contributed by atoms with Crippen molar-refractivity contribution in [2.45, 2.75) is 19.4 Å². The molecule has 2 N–H and O–H groups in total. The lowest BCUT2D eigenvalue weighted by Gasteiger charge is -2.23. The minimum atomic E-state index is 0.374. The molecule has 2 rings (SSSR count). The van der Waals surface area contributed by atoms with E-state index in [-0.39, 0.29) is 0 Å². The maximum atomic E-state index is 5.91. The second-order valence-electron chi connectivity index (χ2n) is 5.04. The van der Waals surface area contributed by atoms with Gasteiger partial charge in [0.25, 0.3) is 0 Å². The van der Waals surface area contributed by atoms with E-state index in [0.29, 0.717) is 12.5 Å². The van der Waals surface area contributed by atoms with E-state index in [4.69, 9.17) is 10.2 Å². The summed E-state index contributed by atoms with van der Waals surface area (Å²) >= 11 is 0. The number of hydrogen-bond acceptors (Lipinski definition) is 3. The van der Waals surface area contributed by atoms with Gasteiger partial charge >= 0.3 is 0 Å².